The van der Waals surface area contributed by atoms with Crippen LogP contribution in [0.3, 0.4) is 0 Å². The van der Waals surface area contributed by atoms with Gasteiger partial charge in [-0.05, 0) is 17.6 Å². The van der Waals surface area contributed by atoms with E-state index in [0.717, 1.165) is 12.5 Å². The van der Waals surface area contributed by atoms with Crippen molar-refractivity contribution in [3.8, 4) is 11.4 Å². The number of rotatable bonds is 2. The topological polar surface area (TPSA) is 79.4 Å². The van der Waals surface area contributed by atoms with Crippen molar-refractivity contribution in [3.63, 3.8) is 0 Å². The maximum absolute atomic E-state index is 13.4. The summed E-state index contributed by atoms with van der Waals surface area (Å²) in [7, 11) is -1.70. The van der Waals surface area contributed by atoms with Crippen LogP contribution in [0.15, 0.2) is 29.1 Å². The van der Waals surface area contributed by atoms with E-state index in [2.05, 4.69) is 14.7 Å². The van der Waals surface area contributed by atoms with Crippen molar-refractivity contribution in [1.29, 1.82) is 0 Å². The molecule has 0 amide bonds. The lowest BCUT2D eigenvalue weighted by Crippen LogP contribution is -2.30. The van der Waals surface area contributed by atoms with Crippen LogP contribution in [0.4, 0.5) is 4.39 Å². The highest BCUT2D eigenvalue weighted by Gasteiger charge is 2.15. The Bertz CT molecular complexity index is 461. The molecule has 0 fully saturated rings. The Balaban J connectivity index is 2.44. The molecule has 0 radical (unpaired) electrons. The van der Waals surface area contributed by atoms with Gasteiger partial charge in [-0.15, -0.1) is 0 Å². The Morgan fingerprint density at radius 3 is 2.67 bits per heavy atom. The number of halogens is 1. The zero-order valence-electron chi connectivity index (χ0n) is 7.46. The first kappa shape index (κ1) is 9.82. The number of nitrogens with zero attached hydrogens (tertiary/aromatic N) is 2. The van der Waals surface area contributed by atoms with Crippen LogP contribution in [0.1, 0.15) is 0 Å². The zero-order valence-corrected chi connectivity index (χ0v) is 7.46. The molecular weight excluding hydrogens is 202 g/mol. The van der Waals surface area contributed by atoms with Gasteiger partial charge < -0.3 is 14.6 Å². The second kappa shape index (κ2) is 3.80. The van der Waals surface area contributed by atoms with E-state index in [-0.39, 0.29) is 16.9 Å². The minimum atomic E-state index is -1.70. The molecule has 0 bridgehead atoms. The van der Waals surface area contributed by atoms with Gasteiger partial charge in [-0.2, -0.15) is 4.98 Å². The molecule has 2 rings (SSSR count). The molecule has 0 saturated heterocycles. The molecule has 5 nitrogen and oxygen atoms in total. The van der Waals surface area contributed by atoms with Crippen molar-refractivity contribution in [2.75, 3.05) is 0 Å². The van der Waals surface area contributed by atoms with Crippen molar-refractivity contribution in [2.24, 2.45) is 0 Å². The maximum atomic E-state index is 13.4. The molecule has 0 spiro atoms. The van der Waals surface area contributed by atoms with Crippen molar-refractivity contribution in [1.82, 2.24) is 10.1 Å². The average Bonchev–Trinajstić information content (AvgIpc) is 2.70. The highest BCUT2D eigenvalue weighted by atomic mass is 19.1. The fraction of sp³-hybridized carbons (Fsp3) is 0. The Morgan fingerprint density at radius 1 is 1.33 bits per heavy atom. The summed E-state index contributed by atoms with van der Waals surface area (Å²) in [5.41, 5.74) is 0.216. The Kier molecular flexibility index (Phi) is 2.48. The Labute approximate surface area is 84.3 Å². The van der Waals surface area contributed by atoms with Gasteiger partial charge in [0.25, 0.3) is 0 Å². The van der Waals surface area contributed by atoms with E-state index in [1.165, 1.54) is 12.1 Å². The quantitative estimate of drug-likeness (QED) is 0.653. The number of benzene rings is 1. The van der Waals surface area contributed by atoms with Gasteiger partial charge in [0.15, 0.2) is 0 Å². The lowest BCUT2D eigenvalue weighted by Gasteiger charge is -2.01. The molecule has 15 heavy (non-hydrogen) atoms. The van der Waals surface area contributed by atoms with E-state index in [9.17, 15) is 4.39 Å². The summed E-state index contributed by atoms with van der Waals surface area (Å²) in [6.45, 7) is 0. The fourth-order valence-corrected chi connectivity index (χ4v) is 1.16. The highest BCUT2D eigenvalue weighted by Crippen LogP contribution is 2.16. The molecule has 0 aliphatic rings. The predicted molar refractivity (Wildman–Crippen MR) is 49.5 cm³/mol. The summed E-state index contributed by atoms with van der Waals surface area (Å²) in [6, 6.07) is 3.74. The van der Waals surface area contributed by atoms with Gasteiger partial charge in [-0.25, -0.2) is 4.39 Å². The average molecular weight is 208 g/mol. The van der Waals surface area contributed by atoms with Gasteiger partial charge in [0, 0.05) is 0 Å². The van der Waals surface area contributed by atoms with E-state index >= 15 is 0 Å². The van der Waals surface area contributed by atoms with E-state index in [0.29, 0.717) is 0 Å². The van der Waals surface area contributed by atoms with Gasteiger partial charge in [-0.3, -0.25) is 0 Å². The SMILES string of the molecule is OB(O)c1ccc(-c2ncon2)c(F)c1. The van der Waals surface area contributed by atoms with Gasteiger partial charge >= 0.3 is 7.12 Å². The van der Waals surface area contributed by atoms with Gasteiger partial charge in [0.2, 0.25) is 12.2 Å². The summed E-state index contributed by atoms with van der Waals surface area (Å²) < 4.78 is 17.9. The summed E-state index contributed by atoms with van der Waals surface area (Å²) in [5.74, 6) is -0.520. The Hall–Kier alpha value is -1.73. The largest absolute Gasteiger partial charge is 0.488 e. The second-order valence-corrected chi connectivity index (χ2v) is 2.87. The van der Waals surface area contributed by atoms with E-state index in [1.807, 2.05) is 0 Å². The van der Waals surface area contributed by atoms with E-state index < -0.39 is 12.9 Å². The third kappa shape index (κ3) is 1.88. The summed E-state index contributed by atoms with van der Waals surface area (Å²) in [4.78, 5) is 3.68. The van der Waals surface area contributed by atoms with Gasteiger partial charge in [-0.1, -0.05) is 11.2 Å². The van der Waals surface area contributed by atoms with Crippen LogP contribution in [0.5, 0.6) is 0 Å². The number of hydrogen-bond acceptors (Lipinski definition) is 5. The number of aromatic nitrogens is 2. The molecule has 0 saturated carbocycles. The molecular formula is C8H6BFN2O3. The van der Waals surface area contributed by atoms with Crippen LogP contribution < -0.4 is 5.46 Å². The first-order chi connectivity index (χ1) is 7.18. The van der Waals surface area contributed by atoms with Crippen LogP contribution in [0, 0.1) is 5.82 Å². The van der Waals surface area contributed by atoms with Crippen molar-refractivity contribution in [3.05, 3.63) is 30.4 Å². The van der Waals surface area contributed by atoms with Crippen LogP contribution in [0.25, 0.3) is 11.4 Å². The van der Waals surface area contributed by atoms with Crippen LogP contribution in [0.2, 0.25) is 0 Å². The summed E-state index contributed by atoms with van der Waals surface area (Å²) >= 11 is 0. The maximum Gasteiger partial charge on any atom is 0.488 e. The summed E-state index contributed by atoms with van der Waals surface area (Å²) in [6.07, 6.45) is 1.09. The molecule has 2 N–H and O–H groups in total. The van der Waals surface area contributed by atoms with Gasteiger partial charge in [0.05, 0.1) is 5.56 Å². The third-order valence-corrected chi connectivity index (χ3v) is 1.89. The number of hydrogen-bond donors (Lipinski definition) is 2. The minimum absolute atomic E-state index is 0.0692. The molecule has 7 heteroatoms. The Morgan fingerprint density at radius 2 is 2.13 bits per heavy atom. The molecule has 0 atom stereocenters. The molecule has 1 aromatic carbocycles. The monoisotopic (exact) mass is 208 g/mol. The van der Waals surface area contributed by atoms with E-state index in [1.54, 1.807) is 0 Å². The third-order valence-electron chi connectivity index (χ3n) is 1.89. The second-order valence-electron chi connectivity index (χ2n) is 2.87. The van der Waals surface area contributed by atoms with Crippen molar-refractivity contribution in [2.45, 2.75) is 0 Å². The normalized spacial score (nSPS) is 10.3. The smallest absolute Gasteiger partial charge is 0.423 e. The molecule has 0 aliphatic heterocycles. The molecule has 0 aliphatic carbocycles. The highest BCUT2D eigenvalue weighted by molar-refractivity contribution is 6.58. The van der Waals surface area contributed by atoms with Crippen LogP contribution >= 0.6 is 0 Å². The minimum Gasteiger partial charge on any atom is -0.423 e. The molecule has 1 heterocycles. The van der Waals surface area contributed by atoms with Crippen LogP contribution in [-0.4, -0.2) is 27.3 Å². The van der Waals surface area contributed by atoms with Crippen LogP contribution in [-0.2, 0) is 0 Å². The van der Waals surface area contributed by atoms with Crippen molar-refractivity contribution >= 4 is 12.6 Å². The summed E-state index contributed by atoms with van der Waals surface area (Å²) in [5, 5.41) is 21.1. The molecule has 76 valence electrons. The van der Waals surface area contributed by atoms with Crippen molar-refractivity contribution < 1.29 is 19.0 Å². The van der Waals surface area contributed by atoms with E-state index in [4.69, 9.17) is 10.0 Å². The zero-order chi connectivity index (χ0) is 10.8. The first-order valence-electron chi connectivity index (χ1n) is 4.11. The molecule has 2 aromatic rings. The lowest BCUT2D eigenvalue weighted by atomic mass is 9.80. The van der Waals surface area contributed by atoms with Gasteiger partial charge in [0.1, 0.15) is 5.82 Å². The first-order valence-corrected chi connectivity index (χ1v) is 4.11. The lowest BCUT2D eigenvalue weighted by molar-refractivity contribution is 0.418. The molecule has 0 unspecified atom stereocenters. The molecule has 1 aromatic heterocycles. The standard InChI is InChI=1S/C8H6BFN2O3/c10-7-3-5(9(13)14)1-2-6(7)8-11-4-15-12-8/h1-4,13-14H. The fourth-order valence-electron chi connectivity index (χ4n) is 1.16. The predicted octanol–water partition coefficient (Wildman–Crippen LogP) is -0.445.